The van der Waals surface area contributed by atoms with Gasteiger partial charge in [0.15, 0.2) is 5.82 Å². The lowest BCUT2D eigenvalue weighted by molar-refractivity contribution is -0.117. The first-order chi connectivity index (χ1) is 12.6. The van der Waals surface area contributed by atoms with E-state index in [-0.39, 0.29) is 18.3 Å². The minimum Gasteiger partial charge on any atom is -0.344 e. The number of amides is 1. The highest BCUT2D eigenvalue weighted by molar-refractivity contribution is 5.97. The van der Waals surface area contributed by atoms with Crippen LogP contribution < -0.4 is 9.80 Å². The molecule has 7 nitrogen and oxygen atoms in total. The maximum Gasteiger partial charge on any atom is 0.246 e. The van der Waals surface area contributed by atoms with Crippen LogP contribution in [0.1, 0.15) is 0 Å². The Bertz CT molecular complexity index is 922. The number of piperazine rings is 1. The Morgan fingerprint density at radius 2 is 1.85 bits per heavy atom. The van der Waals surface area contributed by atoms with E-state index in [9.17, 15) is 9.18 Å². The summed E-state index contributed by atoms with van der Waals surface area (Å²) in [5, 5.41) is 12.6. The number of rotatable bonds is 3. The molecule has 1 aromatic carbocycles. The van der Waals surface area contributed by atoms with Crippen molar-refractivity contribution in [3.63, 3.8) is 0 Å². The second-order valence-corrected chi connectivity index (χ2v) is 6.12. The summed E-state index contributed by atoms with van der Waals surface area (Å²) in [5.41, 5.74) is 2.26. The van der Waals surface area contributed by atoms with E-state index in [1.165, 1.54) is 12.1 Å². The quantitative estimate of drug-likeness (QED) is 0.720. The number of carbonyl (C=O) groups is 1. The molecule has 1 amide bonds. The summed E-state index contributed by atoms with van der Waals surface area (Å²) in [6.07, 6.45) is 3.51. The zero-order valence-electron chi connectivity index (χ0n) is 14.2. The van der Waals surface area contributed by atoms with Crippen LogP contribution in [0, 0.1) is 5.82 Å². The first-order valence-electron chi connectivity index (χ1n) is 8.24. The van der Waals surface area contributed by atoms with Crippen LogP contribution >= 0.6 is 0 Å². The number of carbonyl (C=O) groups excluding carboxylic acids is 1. The Morgan fingerprint density at radius 3 is 2.46 bits per heavy atom. The topological polar surface area (TPSA) is 67.2 Å². The second kappa shape index (κ2) is 6.55. The van der Waals surface area contributed by atoms with Gasteiger partial charge >= 0.3 is 0 Å². The number of anilines is 2. The van der Waals surface area contributed by atoms with E-state index in [4.69, 9.17) is 0 Å². The molecule has 1 aliphatic rings. The van der Waals surface area contributed by atoms with Crippen LogP contribution in [0.5, 0.6) is 0 Å². The molecule has 1 fully saturated rings. The SMILES string of the molecule is Cn1cc(N2CCN(c3ccc(-c4ccc(F)cc4)nn3)CC2=O)cn1. The van der Waals surface area contributed by atoms with Crippen LogP contribution in [0.15, 0.2) is 48.8 Å². The lowest BCUT2D eigenvalue weighted by atomic mass is 10.1. The maximum absolute atomic E-state index is 13.0. The number of halogens is 1. The predicted molar refractivity (Wildman–Crippen MR) is 95.2 cm³/mol. The Balaban J connectivity index is 1.47. The van der Waals surface area contributed by atoms with Gasteiger partial charge in [-0.05, 0) is 36.4 Å². The molecule has 3 heterocycles. The number of aromatic nitrogens is 4. The van der Waals surface area contributed by atoms with Crippen molar-refractivity contribution in [3.8, 4) is 11.3 Å². The van der Waals surface area contributed by atoms with Crippen LogP contribution in [0.3, 0.4) is 0 Å². The molecule has 8 heteroatoms. The molecule has 0 spiro atoms. The summed E-state index contributed by atoms with van der Waals surface area (Å²) < 4.78 is 14.7. The molecule has 0 N–H and O–H groups in total. The van der Waals surface area contributed by atoms with Crippen molar-refractivity contribution >= 4 is 17.4 Å². The summed E-state index contributed by atoms with van der Waals surface area (Å²) >= 11 is 0. The van der Waals surface area contributed by atoms with Gasteiger partial charge in [0.1, 0.15) is 5.82 Å². The van der Waals surface area contributed by atoms with Crippen LogP contribution in [-0.2, 0) is 11.8 Å². The van der Waals surface area contributed by atoms with Gasteiger partial charge in [-0.3, -0.25) is 9.48 Å². The van der Waals surface area contributed by atoms with Crippen LogP contribution in [0.4, 0.5) is 15.9 Å². The summed E-state index contributed by atoms with van der Waals surface area (Å²) in [7, 11) is 1.82. The van der Waals surface area contributed by atoms with Crippen molar-refractivity contribution in [1.82, 2.24) is 20.0 Å². The lowest BCUT2D eigenvalue weighted by Gasteiger charge is -2.33. The van der Waals surface area contributed by atoms with Gasteiger partial charge in [0.2, 0.25) is 5.91 Å². The van der Waals surface area contributed by atoms with Gasteiger partial charge in [-0.15, -0.1) is 10.2 Å². The molecule has 0 unspecified atom stereocenters. The molecule has 132 valence electrons. The highest BCUT2D eigenvalue weighted by atomic mass is 19.1. The molecule has 0 bridgehead atoms. The van der Waals surface area contributed by atoms with Crippen molar-refractivity contribution in [2.45, 2.75) is 0 Å². The Kier molecular flexibility index (Phi) is 4.08. The van der Waals surface area contributed by atoms with E-state index < -0.39 is 0 Å². The van der Waals surface area contributed by atoms with E-state index in [0.717, 1.165) is 11.3 Å². The lowest BCUT2D eigenvalue weighted by Crippen LogP contribution is -2.50. The van der Waals surface area contributed by atoms with Crippen LogP contribution in [0.2, 0.25) is 0 Å². The van der Waals surface area contributed by atoms with E-state index in [1.54, 1.807) is 27.9 Å². The fourth-order valence-electron chi connectivity index (χ4n) is 2.96. The third-order valence-corrected chi connectivity index (χ3v) is 4.34. The van der Waals surface area contributed by atoms with Crippen LogP contribution in [-0.4, -0.2) is 45.5 Å². The standard InChI is InChI=1S/C18H17FN6O/c1-23-11-15(10-20-23)25-9-8-24(12-18(25)26)17-7-6-16(21-22-17)13-2-4-14(19)5-3-13/h2-7,10-11H,8-9,12H2,1H3. The first-order valence-corrected chi connectivity index (χ1v) is 8.24. The molecule has 4 rings (SSSR count). The van der Waals surface area contributed by atoms with Gasteiger partial charge in [0.25, 0.3) is 0 Å². The zero-order valence-corrected chi connectivity index (χ0v) is 14.2. The fraction of sp³-hybridized carbons (Fsp3) is 0.222. The summed E-state index contributed by atoms with van der Waals surface area (Å²) in [6, 6.07) is 9.76. The average molecular weight is 352 g/mol. The fourth-order valence-corrected chi connectivity index (χ4v) is 2.96. The van der Waals surface area contributed by atoms with Gasteiger partial charge < -0.3 is 9.80 Å². The predicted octanol–water partition coefficient (Wildman–Crippen LogP) is 1.87. The monoisotopic (exact) mass is 352 g/mol. The molecule has 1 saturated heterocycles. The highest BCUT2D eigenvalue weighted by Gasteiger charge is 2.26. The molecule has 2 aromatic heterocycles. The molecular weight excluding hydrogens is 335 g/mol. The van der Waals surface area contributed by atoms with E-state index in [0.29, 0.717) is 24.6 Å². The molecule has 0 saturated carbocycles. The molecule has 3 aromatic rings. The third kappa shape index (κ3) is 3.13. The number of nitrogens with zero attached hydrogens (tertiary/aromatic N) is 6. The number of hydrogen-bond acceptors (Lipinski definition) is 5. The summed E-state index contributed by atoms with van der Waals surface area (Å²) in [6.45, 7) is 1.45. The normalized spacial score (nSPS) is 14.8. The van der Waals surface area contributed by atoms with Crippen molar-refractivity contribution < 1.29 is 9.18 Å². The molecule has 0 radical (unpaired) electrons. The molecular formula is C18H17FN6O. The van der Waals surface area contributed by atoms with Gasteiger partial charge in [-0.25, -0.2) is 4.39 Å². The maximum atomic E-state index is 13.0. The van der Waals surface area contributed by atoms with Crippen LogP contribution in [0.25, 0.3) is 11.3 Å². The number of aryl methyl sites for hydroxylation is 1. The second-order valence-electron chi connectivity index (χ2n) is 6.12. The van der Waals surface area contributed by atoms with Crippen molar-refractivity contribution in [3.05, 3.63) is 54.6 Å². The number of hydrogen-bond donors (Lipinski definition) is 0. The number of benzene rings is 1. The van der Waals surface area contributed by atoms with Gasteiger partial charge in [-0.2, -0.15) is 5.10 Å². The summed E-state index contributed by atoms with van der Waals surface area (Å²) in [5.74, 6) is 0.354. The van der Waals surface area contributed by atoms with E-state index in [2.05, 4.69) is 15.3 Å². The Hall–Kier alpha value is -3.29. The zero-order chi connectivity index (χ0) is 18.1. The van der Waals surface area contributed by atoms with Crippen molar-refractivity contribution in [2.75, 3.05) is 29.4 Å². The van der Waals surface area contributed by atoms with Gasteiger partial charge in [0.05, 0.1) is 24.1 Å². The Labute approximate surface area is 149 Å². The largest absolute Gasteiger partial charge is 0.344 e. The molecule has 26 heavy (non-hydrogen) atoms. The molecule has 0 aliphatic carbocycles. The average Bonchev–Trinajstić information content (AvgIpc) is 3.08. The molecule has 0 atom stereocenters. The van der Waals surface area contributed by atoms with Crippen molar-refractivity contribution in [2.24, 2.45) is 7.05 Å². The minimum atomic E-state index is -0.289. The smallest absolute Gasteiger partial charge is 0.246 e. The van der Waals surface area contributed by atoms with E-state index in [1.807, 2.05) is 30.3 Å². The molecule has 1 aliphatic heterocycles. The van der Waals surface area contributed by atoms with Gasteiger partial charge in [-0.1, -0.05) is 0 Å². The summed E-state index contributed by atoms with van der Waals surface area (Å²) in [4.78, 5) is 16.1. The minimum absolute atomic E-state index is 0.00587. The Morgan fingerprint density at radius 1 is 1.04 bits per heavy atom. The van der Waals surface area contributed by atoms with Gasteiger partial charge in [0, 0.05) is 31.9 Å². The van der Waals surface area contributed by atoms with Crippen molar-refractivity contribution in [1.29, 1.82) is 0 Å². The highest BCUT2D eigenvalue weighted by Crippen LogP contribution is 2.21. The third-order valence-electron chi connectivity index (χ3n) is 4.34. The first kappa shape index (κ1) is 16.2. The van der Waals surface area contributed by atoms with E-state index >= 15 is 0 Å².